The van der Waals surface area contributed by atoms with Crippen molar-refractivity contribution in [3.05, 3.63) is 28.2 Å². The fourth-order valence-corrected chi connectivity index (χ4v) is 2.23. The largest absolute Gasteiger partial charge is 0.380 e. The quantitative estimate of drug-likeness (QED) is 0.907. The van der Waals surface area contributed by atoms with Crippen LogP contribution in [0.1, 0.15) is 19.4 Å². The molecule has 98 valence electrons. The molecule has 1 rings (SSSR count). The minimum Gasteiger partial charge on any atom is -0.380 e. The first-order chi connectivity index (χ1) is 8.45. The molecular formula is C14H20BrN3. The Hall–Kier alpha value is -1.05. The summed E-state index contributed by atoms with van der Waals surface area (Å²) in [6, 6.07) is 8.35. The summed E-state index contributed by atoms with van der Waals surface area (Å²) in [6.07, 6.45) is 0. The average Bonchev–Trinajstić information content (AvgIpc) is 2.27. The molecule has 0 amide bonds. The van der Waals surface area contributed by atoms with E-state index >= 15 is 0 Å². The van der Waals surface area contributed by atoms with Gasteiger partial charge in [0.1, 0.15) is 6.07 Å². The van der Waals surface area contributed by atoms with Gasteiger partial charge in [-0.05, 0) is 48.1 Å². The summed E-state index contributed by atoms with van der Waals surface area (Å²) in [6.45, 7) is 5.31. The maximum atomic E-state index is 9.20. The molecule has 1 aromatic rings. The Morgan fingerprint density at radius 2 is 2.06 bits per heavy atom. The maximum absolute atomic E-state index is 9.20. The normalized spacial score (nSPS) is 12.6. The predicted molar refractivity (Wildman–Crippen MR) is 79.7 cm³/mol. The van der Waals surface area contributed by atoms with Crippen molar-refractivity contribution in [3.8, 4) is 6.07 Å². The van der Waals surface area contributed by atoms with E-state index in [2.05, 4.69) is 60.2 Å². The number of likely N-dealkylation sites (N-methyl/N-ethyl adjacent to an activating group) is 1. The number of hydrogen-bond acceptors (Lipinski definition) is 3. The highest BCUT2D eigenvalue weighted by Crippen LogP contribution is 2.25. The molecule has 18 heavy (non-hydrogen) atoms. The third-order valence-corrected chi connectivity index (χ3v) is 3.49. The monoisotopic (exact) mass is 309 g/mol. The highest BCUT2D eigenvalue weighted by molar-refractivity contribution is 9.10. The summed E-state index contributed by atoms with van der Waals surface area (Å²) < 4.78 is 0.836. The maximum Gasteiger partial charge on any atom is 0.103 e. The summed E-state index contributed by atoms with van der Waals surface area (Å²) in [4.78, 5) is 2.15. The molecule has 0 saturated carbocycles. The van der Waals surface area contributed by atoms with Gasteiger partial charge in [0, 0.05) is 17.1 Å². The average molecular weight is 310 g/mol. The fraction of sp³-hybridized carbons (Fsp3) is 0.500. The van der Waals surface area contributed by atoms with Gasteiger partial charge < -0.3 is 10.2 Å². The van der Waals surface area contributed by atoms with Crippen LogP contribution >= 0.6 is 15.9 Å². The Labute approximate surface area is 118 Å². The molecule has 1 N–H and O–H groups in total. The number of anilines is 1. The Kier molecular flexibility index (Phi) is 5.64. The Bertz CT molecular complexity index is 435. The van der Waals surface area contributed by atoms with E-state index in [0.29, 0.717) is 17.5 Å². The number of benzene rings is 1. The van der Waals surface area contributed by atoms with E-state index in [1.165, 1.54) is 0 Å². The van der Waals surface area contributed by atoms with E-state index in [0.717, 1.165) is 16.7 Å². The summed E-state index contributed by atoms with van der Waals surface area (Å²) in [7, 11) is 4.12. The third kappa shape index (κ3) is 4.01. The molecular weight excluding hydrogens is 290 g/mol. The lowest BCUT2D eigenvalue weighted by Crippen LogP contribution is -2.36. The van der Waals surface area contributed by atoms with Crippen molar-refractivity contribution < 1.29 is 0 Å². The molecule has 1 atom stereocenters. The zero-order valence-electron chi connectivity index (χ0n) is 11.4. The van der Waals surface area contributed by atoms with Gasteiger partial charge in [-0.3, -0.25) is 0 Å². The highest BCUT2D eigenvalue weighted by atomic mass is 79.9. The minimum atomic E-state index is 0.321. The van der Waals surface area contributed by atoms with Gasteiger partial charge in [0.05, 0.1) is 11.3 Å². The van der Waals surface area contributed by atoms with Crippen molar-refractivity contribution in [1.29, 1.82) is 5.26 Å². The lowest BCUT2D eigenvalue weighted by atomic mass is 10.0. The minimum absolute atomic E-state index is 0.321. The van der Waals surface area contributed by atoms with Crippen molar-refractivity contribution in [1.82, 2.24) is 4.90 Å². The van der Waals surface area contributed by atoms with E-state index < -0.39 is 0 Å². The second-order valence-corrected chi connectivity index (χ2v) is 5.89. The lowest BCUT2D eigenvalue weighted by molar-refractivity contribution is 0.344. The number of nitrogens with one attached hydrogen (secondary N) is 1. The summed E-state index contributed by atoms with van der Waals surface area (Å²) >= 11 is 3.41. The zero-order chi connectivity index (χ0) is 13.7. The Morgan fingerprint density at radius 1 is 1.39 bits per heavy atom. The van der Waals surface area contributed by atoms with Crippen molar-refractivity contribution in [2.75, 3.05) is 26.0 Å². The lowest BCUT2D eigenvalue weighted by Gasteiger charge is -2.27. The van der Waals surface area contributed by atoms with Gasteiger partial charge in [0.15, 0.2) is 0 Å². The predicted octanol–water partition coefficient (Wildman–Crippen LogP) is 3.32. The van der Waals surface area contributed by atoms with E-state index in [1.807, 2.05) is 18.2 Å². The van der Waals surface area contributed by atoms with Crippen LogP contribution in [0.4, 0.5) is 5.69 Å². The number of nitriles is 1. The molecule has 0 fully saturated rings. The molecule has 0 aliphatic rings. The van der Waals surface area contributed by atoms with Crippen LogP contribution < -0.4 is 5.32 Å². The number of hydrogen-bond donors (Lipinski definition) is 1. The highest BCUT2D eigenvalue weighted by Gasteiger charge is 2.16. The molecule has 3 nitrogen and oxygen atoms in total. The van der Waals surface area contributed by atoms with Crippen LogP contribution in [0, 0.1) is 17.2 Å². The van der Waals surface area contributed by atoms with Crippen LogP contribution in [0.15, 0.2) is 22.7 Å². The van der Waals surface area contributed by atoms with Gasteiger partial charge in [-0.15, -0.1) is 0 Å². The van der Waals surface area contributed by atoms with Crippen molar-refractivity contribution in [2.45, 2.75) is 19.9 Å². The van der Waals surface area contributed by atoms with Crippen LogP contribution in [0.2, 0.25) is 0 Å². The second-order valence-electron chi connectivity index (χ2n) is 5.03. The third-order valence-electron chi connectivity index (χ3n) is 2.83. The molecule has 0 bridgehead atoms. The molecule has 0 heterocycles. The van der Waals surface area contributed by atoms with Crippen LogP contribution in [0.25, 0.3) is 0 Å². The molecule has 0 radical (unpaired) electrons. The first-order valence-electron chi connectivity index (χ1n) is 6.05. The number of halogens is 1. The number of nitrogens with zero attached hydrogens (tertiary/aromatic N) is 2. The van der Waals surface area contributed by atoms with Crippen LogP contribution in [0.3, 0.4) is 0 Å². The van der Waals surface area contributed by atoms with E-state index in [9.17, 15) is 5.26 Å². The molecule has 0 aromatic heterocycles. The van der Waals surface area contributed by atoms with Gasteiger partial charge in [-0.2, -0.15) is 5.26 Å². The van der Waals surface area contributed by atoms with Gasteiger partial charge in [0.2, 0.25) is 0 Å². The molecule has 0 spiro atoms. The molecule has 4 heteroatoms. The summed E-state index contributed by atoms with van der Waals surface area (Å²) in [5.41, 5.74) is 1.56. The van der Waals surface area contributed by atoms with E-state index in [1.54, 1.807) is 0 Å². The standard InChI is InChI=1S/C14H20BrN3/c1-10(2)14(9-18(3)4)17-13-7-5-6-12(15)11(13)8-16/h5-7,10,14,17H,9H2,1-4H3. The Balaban J connectivity index is 2.94. The van der Waals surface area contributed by atoms with E-state index in [-0.39, 0.29) is 0 Å². The van der Waals surface area contributed by atoms with Gasteiger partial charge in [-0.1, -0.05) is 19.9 Å². The first-order valence-corrected chi connectivity index (χ1v) is 6.85. The summed E-state index contributed by atoms with van der Waals surface area (Å²) in [5, 5.41) is 12.7. The molecule has 1 aromatic carbocycles. The molecule has 1 unspecified atom stereocenters. The zero-order valence-corrected chi connectivity index (χ0v) is 13.0. The SMILES string of the molecule is CC(C)C(CN(C)C)Nc1cccc(Br)c1C#N. The van der Waals surface area contributed by atoms with Gasteiger partial charge >= 0.3 is 0 Å². The summed E-state index contributed by atoms with van der Waals surface area (Å²) in [5.74, 6) is 0.498. The molecule has 0 saturated heterocycles. The van der Waals surface area contributed by atoms with Crippen LogP contribution in [0.5, 0.6) is 0 Å². The first kappa shape index (κ1) is 15.0. The fourth-order valence-electron chi connectivity index (χ4n) is 1.77. The number of rotatable bonds is 5. The topological polar surface area (TPSA) is 39.1 Å². The van der Waals surface area contributed by atoms with Crippen molar-refractivity contribution >= 4 is 21.6 Å². The van der Waals surface area contributed by atoms with Crippen LogP contribution in [-0.2, 0) is 0 Å². The Morgan fingerprint density at radius 3 is 2.56 bits per heavy atom. The van der Waals surface area contributed by atoms with Gasteiger partial charge in [0.25, 0.3) is 0 Å². The smallest absolute Gasteiger partial charge is 0.103 e. The van der Waals surface area contributed by atoms with Crippen molar-refractivity contribution in [2.24, 2.45) is 5.92 Å². The molecule has 0 aliphatic heterocycles. The van der Waals surface area contributed by atoms with Crippen LogP contribution in [-0.4, -0.2) is 31.6 Å². The van der Waals surface area contributed by atoms with E-state index in [4.69, 9.17) is 0 Å². The second kappa shape index (κ2) is 6.77. The van der Waals surface area contributed by atoms with Crippen molar-refractivity contribution in [3.63, 3.8) is 0 Å². The molecule has 0 aliphatic carbocycles. The van der Waals surface area contributed by atoms with Gasteiger partial charge in [-0.25, -0.2) is 0 Å².